The molecule has 1 fully saturated rings. The van der Waals surface area contributed by atoms with E-state index in [1.54, 1.807) is 0 Å². The van der Waals surface area contributed by atoms with E-state index in [1.807, 2.05) is 0 Å². The molecule has 80 valence electrons. The summed E-state index contributed by atoms with van der Waals surface area (Å²) >= 11 is 0. The molecule has 5 heteroatoms. The molecular formula is C9H14O5. The first-order valence-electron chi connectivity index (χ1n) is 4.46. The van der Waals surface area contributed by atoms with Crippen LogP contribution in [0.2, 0.25) is 0 Å². The third-order valence-corrected chi connectivity index (χ3v) is 2.15. The predicted molar refractivity (Wildman–Crippen MR) is 46.5 cm³/mol. The zero-order valence-electron chi connectivity index (χ0n) is 8.32. The number of esters is 2. The third kappa shape index (κ3) is 2.99. The number of methoxy groups -OCH3 is 2. The van der Waals surface area contributed by atoms with Crippen molar-refractivity contribution in [1.29, 1.82) is 0 Å². The van der Waals surface area contributed by atoms with Crippen LogP contribution in [-0.4, -0.2) is 38.9 Å². The van der Waals surface area contributed by atoms with Gasteiger partial charge in [0, 0.05) is 0 Å². The Balaban J connectivity index is 2.41. The first-order chi connectivity index (χ1) is 6.69. The summed E-state index contributed by atoms with van der Waals surface area (Å²) in [5.41, 5.74) is 0. The fraction of sp³-hybridized carbons (Fsp3) is 0.778. The molecule has 0 aromatic heterocycles. The highest BCUT2D eigenvalue weighted by molar-refractivity contribution is 5.94. The summed E-state index contributed by atoms with van der Waals surface area (Å²) in [6.07, 6.45) is 1.31. The van der Waals surface area contributed by atoms with Gasteiger partial charge in [-0.2, -0.15) is 0 Å². The van der Waals surface area contributed by atoms with E-state index in [4.69, 9.17) is 4.74 Å². The van der Waals surface area contributed by atoms with Crippen LogP contribution in [0.4, 0.5) is 0 Å². The molecule has 0 spiro atoms. The highest BCUT2D eigenvalue weighted by Crippen LogP contribution is 2.20. The van der Waals surface area contributed by atoms with Crippen LogP contribution < -0.4 is 0 Å². The van der Waals surface area contributed by atoms with Crippen LogP contribution in [0.1, 0.15) is 12.8 Å². The van der Waals surface area contributed by atoms with Gasteiger partial charge >= 0.3 is 11.9 Å². The fourth-order valence-electron chi connectivity index (χ4n) is 1.20. The molecule has 1 rings (SSSR count). The Kier molecular flexibility index (Phi) is 3.88. The maximum atomic E-state index is 11.2. The first kappa shape index (κ1) is 11.0. The van der Waals surface area contributed by atoms with Crippen LogP contribution in [-0.2, 0) is 23.8 Å². The standard InChI is InChI=1S/C9H14O5/c1-12-8(10)7(9(11)13-2)4-3-6-5-14-6/h6-7H,3-5H2,1-2H3/t6-/m0/s1. The molecule has 0 radical (unpaired) electrons. The molecule has 0 aliphatic carbocycles. The topological polar surface area (TPSA) is 65.1 Å². The number of rotatable bonds is 5. The number of hydrogen-bond donors (Lipinski definition) is 0. The minimum Gasteiger partial charge on any atom is -0.468 e. The molecule has 1 saturated heterocycles. The van der Waals surface area contributed by atoms with Gasteiger partial charge < -0.3 is 14.2 Å². The van der Waals surface area contributed by atoms with Crippen molar-refractivity contribution >= 4 is 11.9 Å². The zero-order valence-corrected chi connectivity index (χ0v) is 8.32. The molecule has 5 nitrogen and oxygen atoms in total. The highest BCUT2D eigenvalue weighted by Gasteiger charge is 2.32. The molecule has 0 aromatic rings. The van der Waals surface area contributed by atoms with Crippen molar-refractivity contribution < 1.29 is 23.8 Å². The fourth-order valence-corrected chi connectivity index (χ4v) is 1.20. The smallest absolute Gasteiger partial charge is 0.320 e. The van der Waals surface area contributed by atoms with E-state index in [2.05, 4.69) is 9.47 Å². The van der Waals surface area contributed by atoms with Crippen molar-refractivity contribution in [2.45, 2.75) is 18.9 Å². The van der Waals surface area contributed by atoms with Gasteiger partial charge in [-0.3, -0.25) is 9.59 Å². The van der Waals surface area contributed by atoms with Crippen LogP contribution in [0.3, 0.4) is 0 Å². The van der Waals surface area contributed by atoms with Gasteiger partial charge in [0.05, 0.1) is 26.9 Å². The number of hydrogen-bond acceptors (Lipinski definition) is 5. The van der Waals surface area contributed by atoms with Gasteiger partial charge in [-0.1, -0.05) is 0 Å². The zero-order chi connectivity index (χ0) is 10.6. The van der Waals surface area contributed by atoms with Gasteiger partial charge in [-0.15, -0.1) is 0 Å². The summed E-state index contributed by atoms with van der Waals surface area (Å²) in [7, 11) is 2.51. The second-order valence-electron chi connectivity index (χ2n) is 3.13. The molecule has 0 bridgehead atoms. The lowest BCUT2D eigenvalue weighted by Gasteiger charge is -2.10. The summed E-state index contributed by atoms with van der Waals surface area (Å²) in [5.74, 6) is -1.90. The molecule has 0 saturated carbocycles. The average Bonchev–Trinajstić information content (AvgIpc) is 3.00. The van der Waals surface area contributed by atoms with E-state index in [0.717, 1.165) is 6.61 Å². The Bertz CT molecular complexity index is 205. The van der Waals surface area contributed by atoms with E-state index in [0.29, 0.717) is 12.8 Å². The van der Waals surface area contributed by atoms with Crippen molar-refractivity contribution in [3.05, 3.63) is 0 Å². The minimum absolute atomic E-state index is 0.201. The lowest BCUT2D eigenvalue weighted by Crippen LogP contribution is -2.26. The Hall–Kier alpha value is -1.10. The van der Waals surface area contributed by atoms with Crippen molar-refractivity contribution in [3.8, 4) is 0 Å². The number of epoxide rings is 1. The molecule has 1 heterocycles. The molecule has 0 amide bonds. The molecule has 14 heavy (non-hydrogen) atoms. The third-order valence-electron chi connectivity index (χ3n) is 2.15. The number of carbonyl (C=O) groups is 2. The maximum absolute atomic E-state index is 11.2. The summed E-state index contributed by atoms with van der Waals surface area (Å²) < 4.78 is 14.0. The SMILES string of the molecule is COC(=O)C(CC[C@H]1CO1)C(=O)OC. The molecule has 0 N–H and O–H groups in total. The van der Waals surface area contributed by atoms with Gasteiger partial charge in [0.15, 0.2) is 5.92 Å². The Morgan fingerprint density at radius 1 is 1.36 bits per heavy atom. The van der Waals surface area contributed by atoms with E-state index < -0.39 is 17.9 Å². The molecular weight excluding hydrogens is 188 g/mol. The number of carbonyl (C=O) groups excluding carboxylic acids is 2. The van der Waals surface area contributed by atoms with E-state index in [-0.39, 0.29) is 6.10 Å². The van der Waals surface area contributed by atoms with E-state index >= 15 is 0 Å². The van der Waals surface area contributed by atoms with Crippen LogP contribution in [0, 0.1) is 5.92 Å². The minimum atomic E-state index is -0.811. The van der Waals surface area contributed by atoms with E-state index in [1.165, 1.54) is 14.2 Å². The van der Waals surface area contributed by atoms with Crippen LogP contribution in [0.5, 0.6) is 0 Å². The molecule has 1 aliphatic heterocycles. The normalized spacial score (nSPS) is 19.2. The monoisotopic (exact) mass is 202 g/mol. The van der Waals surface area contributed by atoms with Crippen molar-refractivity contribution in [2.75, 3.05) is 20.8 Å². The lowest BCUT2D eigenvalue weighted by molar-refractivity contribution is -0.159. The largest absolute Gasteiger partial charge is 0.468 e. The van der Waals surface area contributed by atoms with Gasteiger partial charge in [0.1, 0.15) is 0 Å². The molecule has 1 atom stereocenters. The second-order valence-corrected chi connectivity index (χ2v) is 3.13. The van der Waals surface area contributed by atoms with Crippen molar-refractivity contribution in [1.82, 2.24) is 0 Å². The van der Waals surface area contributed by atoms with Crippen LogP contribution in [0.25, 0.3) is 0 Å². The Morgan fingerprint density at radius 2 is 1.86 bits per heavy atom. The molecule has 1 aliphatic rings. The summed E-state index contributed by atoms with van der Waals surface area (Å²) in [6.45, 7) is 0.717. The van der Waals surface area contributed by atoms with E-state index in [9.17, 15) is 9.59 Å². The first-order valence-corrected chi connectivity index (χ1v) is 4.46. The van der Waals surface area contributed by atoms with Gasteiger partial charge in [-0.25, -0.2) is 0 Å². The predicted octanol–water partition coefficient (Wildman–Crippen LogP) is 0.128. The van der Waals surface area contributed by atoms with Crippen molar-refractivity contribution in [3.63, 3.8) is 0 Å². The van der Waals surface area contributed by atoms with Crippen LogP contribution >= 0.6 is 0 Å². The summed E-state index contributed by atoms with van der Waals surface area (Å²) in [5, 5.41) is 0. The maximum Gasteiger partial charge on any atom is 0.320 e. The summed E-state index contributed by atoms with van der Waals surface area (Å²) in [6, 6.07) is 0. The van der Waals surface area contributed by atoms with Crippen LogP contribution in [0.15, 0.2) is 0 Å². The second kappa shape index (κ2) is 4.95. The Morgan fingerprint density at radius 3 is 2.21 bits per heavy atom. The molecule has 0 unspecified atom stereocenters. The van der Waals surface area contributed by atoms with Gasteiger partial charge in [0.2, 0.25) is 0 Å². The molecule has 0 aromatic carbocycles. The summed E-state index contributed by atoms with van der Waals surface area (Å²) in [4.78, 5) is 22.4. The average molecular weight is 202 g/mol. The van der Waals surface area contributed by atoms with Gasteiger partial charge in [-0.05, 0) is 12.8 Å². The highest BCUT2D eigenvalue weighted by atomic mass is 16.6. The quantitative estimate of drug-likeness (QED) is 0.360. The lowest BCUT2D eigenvalue weighted by atomic mass is 10.0. The van der Waals surface area contributed by atoms with Gasteiger partial charge in [0.25, 0.3) is 0 Å². The van der Waals surface area contributed by atoms with Crippen molar-refractivity contribution in [2.24, 2.45) is 5.92 Å². The Labute approximate surface area is 82.3 Å². The number of ether oxygens (including phenoxy) is 3.